The van der Waals surface area contributed by atoms with E-state index in [0.29, 0.717) is 44.4 Å². The predicted octanol–water partition coefficient (Wildman–Crippen LogP) is 5.50. The fourth-order valence-electron chi connectivity index (χ4n) is 4.51. The van der Waals surface area contributed by atoms with Crippen LogP contribution in [-0.2, 0) is 17.8 Å². The summed E-state index contributed by atoms with van der Waals surface area (Å²) < 4.78 is 46.6. The summed E-state index contributed by atoms with van der Waals surface area (Å²) in [6.45, 7) is 4.95. The topological polar surface area (TPSA) is 30.9 Å². The molecule has 0 unspecified atom stereocenters. The third kappa shape index (κ3) is 4.72. The summed E-state index contributed by atoms with van der Waals surface area (Å²) in [4.78, 5) is 2.01. The lowest BCUT2D eigenvalue weighted by atomic mass is 9.97. The van der Waals surface area contributed by atoms with Gasteiger partial charge in [-0.05, 0) is 47.9 Å². The highest BCUT2D eigenvalue weighted by molar-refractivity contribution is 5.72. The third-order valence-corrected chi connectivity index (χ3v) is 6.26. The van der Waals surface area contributed by atoms with E-state index in [1.165, 1.54) is 18.2 Å². The van der Waals surface area contributed by atoms with E-state index in [-0.39, 0.29) is 18.2 Å². The molecule has 2 heterocycles. The number of hydrogen-bond acceptors (Lipinski definition) is 4. The van der Waals surface area contributed by atoms with Crippen molar-refractivity contribution in [2.45, 2.75) is 32.5 Å². The molecule has 4 nitrogen and oxygen atoms in total. The van der Waals surface area contributed by atoms with Crippen molar-refractivity contribution in [2.75, 3.05) is 26.4 Å². The van der Waals surface area contributed by atoms with Crippen LogP contribution in [-0.4, -0.2) is 37.4 Å². The second-order valence-corrected chi connectivity index (χ2v) is 8.64. The Kier molecular flexibility index (Phi) is 6.29. The van der Waals surface area contributed by atoms with E-state index in [1.807, 2.05) is 23.1 Å². The molecule has 2 aliphatic rings. The number of fused-ring (bicyclic) bond motifs is 1. The van der Waals surface area contributed by atoms with Crippen LogP contribution in [0.2, 0.25) is 0 Å². The molecule has 0 saturated carbocycles. The Bertz CT molecular complexity index is 1120. The summed E-state index contributed by atoms with van der Waals surface area (Å²) in [5, 5.41) is 0. The van der Waals surface area contributed by atoms with Crippen LogP contribution in [0.3, 0.4) is 0 Å². The first-order valence-electron chi connectivity index (χ1n) is 11.3. The Labute approximate surface area is 192 Å². The Balaban J connectivity index is 1.52. The summed E-state index contributed by atoms with van der Waals surface area (Å²) in [5.41, 5.74) is 4.33. The molecule has 172 valence electrons. The van der Waals surface area contributed by atoms with Crippen molar-refractivity contribution in [1.29, 1.82) is 0 Å². The molecule has 0 amide bonds. The predicted molar refractivity (Wildman–Crippen MR) is 122 cm³/mol. The number of ether oxygens (including phenoxy) is 3. The fourth-order valence-corrected chi connectivity index (χ4v) is 4.51. The second kappa shape index (κ2) is 9.49. The van der Waals surface area contributed by atoms with Crippen molar-refractivity contribution < 1.29 is 23.0 Å². The number of rotatable bonds is 5. The minimum atomic E-state index is -0.528. The molecule has 3 aromatic carbocycles. The molecule has 0 spiro atoms. The van der Waals surface area contributed by atoms with Crippen LogP contribution in [0.25, 0.3) is 11.1 Å². The molecule has 0 aromatic heterocycles. The zero-order valence-corrected chi connectivity index (χ0v) is 18.7. The summed E-state index contributed by atoms with van der Waals surface area (Å²) in [6, 6.07) is 16.3. The van der Waals surface area contributed by atoms with Crippen molar-refractivity contribution in [3.8, 4) is 22.6 Å². The first-order chi connectivity index (χ1) is 16.1. The highest BCUT2D eigenvalue weighted by Gasteiger charge is 2.25. The van der Waals surface area contributed by atoms with E-state index in [0.717, 1.165) is 28.7 Å². The summed E-state index contributed by atoms with van der Waals surface area (Å²) in [6.07, 6.45) is 0.818. The van der Waals surface area contributed by atoms with Crippen molar-refractivity contribution in [1.82, 2.24) is 4.90 Å². The van der Waals surface area contributed by atoms with Crippen LogP contribution < -0.4 is 9.47 Å². The van der Waals surface area contributed by atoms with Gasteiger partial charge >= 0.3 is 0 Å². The molecule has 0 bridgehead atoms. The molecule has 33 heavy (non-hydrogen) atoms. The van der Waals surface area contributed by atoms with Crippen molar-refractivity contribution in [3.05, 3.63) is 82.9 Å². The van der Waals surface area contributed by atoms with E-state index in [9.17, 15) is 8.78 Å². The lowest BCUT2D eigenvalue weighted by Gasteiger charge is -2.21. The number of hydrogen-bond donors (Lipinski definition) is 0. The molecule has 0 N–H and O–H groups in total. The molecule has 1 atom stereocenters. The summed E-state index contributed by atoms with van der Waals surface area (Å²) in [5.74, 6) is 0.342. The minimum absolute atomic E-state index is 0.0170. The van der Waals surface area contributed by atoms with E-state index in [1.54, 1.807) is 0 Å². The average Bonchev–Trinajstić information content (AvgIpc) is 3.22. The van der Waals surface area contributed by atoms with Gasteiger partial charge in [-0.3, -0.25) is 4.90 Å². The summed E-state index contributed by atoms with van der Waals surface area (Å²) >= 11 is 0. The summed E-state index contributed by atoms with van der Waals surface area (Å²) in [7, 11) is 0. The van der Waals surface area contributed by atoms with E-state index >= 15 is 0 Å². The molecular weight excluding hydrogens is 424 g/mol. The third-order valence-electron chi connectivity index (χ3n) is 6.26. The maximum atomic E-state index is 14.3. The van der Waals surface area contributed by atoms with Gasteiger partial charge in [-0.15, -0.1) is 0 Å². The Morgan fingerprint density at radius 3 is 2.61 bits per heavy atom. The van der Waals surface area contributed by atoms with Crippen LogP contribution in [0.1, 0.15) is 23.1 Å². The van der Waals surface area contributed by atoms with Crippen LogP contribution >= 0.6 is 0 Å². The first kappa shape index (κ1) is 21.9. The van der Waals surface area contributed by atoms with Crippen LogP contribution in [0.4, 0.5) is 8.78 Å². The standard InChI is InChI=1S/C27H27F2NO3/c1-18-5-2-3-6-22(18)19-13-20-15-30(16-23-24(28)7-4-8-25(23)29)10-12-32-27(20)26(14-19)33-21-9-11-31-17-21/h2-8,13-14,21H,9-12,15-17H2,1H3/t21-/m1/s1. The number of halogens is 2. The molecule has 5 rings (SSSR count). The smallest absolute Gasteiger partial charge is 0.165 e. The monoisotopic (exact) mass is 451 g/mol. The molecule has 6 heteroatoms. The normalized spacial score (nSPS) is 18.5. The minimum Gasteiger partial charge on any atom is -0.488 e. The van der Waals surface area contributed by atoms with Gasteiger partial charge in [0.15, 0.2) is 11.5 Å². The van der Waals surface area contributed by atoms with Gasteiger partial charge in [0, 0.05) is 37.2 Å². The van der Waals surface area contributed by atoms with Crippen LogP contribution in [0.15, 0.2) is 54.6 Å². The van der Waals surface area contributed by atoms with E-state index < -0.39 is 11.6 Å². The van der Waals surface area contributed by atoms with Gasteiger partial charge in [-0.25, -0.2) is 8.78 Å². The Hall–Kier alpha value is -2.96. The molecule has 0 radical (unpaired) electrons. The van der Waals surface area contributed by atoms with Crippen LogP contribution in [0, 0.1) is 18.6 Å². The largest absolute Gasteiger partial charge is 0.488 e. The molecule has 1 saturated heterocycles. The van der Waals surface area contributed by atoms with E-state index in [2.05, 4.69) is 25.1 Å². The Morgan fingerprint density at radius 2 is 1.85 bits per heavy atom. The van der Waals surface area contributed by atoms with Gasteiger partial charge in [0.1, 0.15) is 24.3 Å². The SMILES string of the molecule is Cc1ccccc1-c1cc2c(c(O[C@@H]3CCOC3)c1)OCCN(Cc1c(F)cccc1F)C2. The maximum Gasteiger partial charge on any atom is 0.165 e. The molecule has 2 aliphatic heterocycles. The fraction of sp³-hybridized carbons (Fsp3) is 0.333. The lowest BCUT2D eigenvalue weighted by molar-refractivity contribution is 0.137. The van der Waals surface area contributed by atoms with Gasteiger partial charge in [0.25, 0.3) is 0 Å². The number of benzene rings is 3. The molecular formula is C27H27F2NO3. The van der Waals surface area contributed by atoms with Crippen molar-refractivity contribution in [2.24, 2.45) is 0 Å². The lowest BCUT2D eigenvalue weighted by Crippen LogP contribution is -2.26. The molecule has 3 aromatic rings. The van der Waals surface area contributed by atoms with Gasteiger partial charge in [0.05, 0.1) is 13.2 Å². The zero-order valence-electron chi connectivity index (χ0n) is 18.7. The molecule has 0 aliphatic carbocycles. The Morgan fingerprint density at radius 1 is 1.03 bits per heavy atom. The van der Waals surface area contributed by atoms with E-state index in [4.69, 9.17) is 14.2 Å². The van der Waals surface area contributed by atoms with Crippen LogP contribution in [0.5, 0.6) is 11.5 Å². The van der Waals surface area contributed by atoms with Gasteiger partial charge in [-0.1, -0.05) is 30.3 Å². The second-order valence-electron chi connectivity index (χ2n) is 8.64. The maximum absolute atomic E-state index is 14.3. The highest BCUT2D eigenvalue weighted by atomic mass is 19.1. The van der Waals surface area contributed by atoms with Crippen molar-refractivity contribution >= 4 is 0 Å². The zero-order chi connectivity index (χ0) is 22.8. The number of nitrogens with zero attached hydrogens (tertiary/aromatic N) is 1. The van der Waals surface area contributed by atoms with Crippen molar-refractivity contribution in [3.63, 3.8) is 0 Å². The first-order valence-corrected chi connectivity index (χ1v) is 11.3. The van der Waals surface area contributed by atoms with Gasteiger partial charge < -0.3 is 14.2 Å². The highest BCUT2D eigenvalue weighted by Crippen LogP contribution is 2.40. The van der Waals surface area contributed by atoms with Gasteiger partial charge in [-0.2, -0.15) is 0 Å². The molecule has 1 fully saturated rings. The quantitative estimate of drug-likeness (QED) is 0.512. The van der Waals surface area contributed by atoms with Gasteiger partial charge in [0.2, 0.25) is 0 Å². The number of aryl methyl sites for hydroxylation is 1. The average molecular weight is 452 g/mol.